The Kier molecular flexibility index (Phi) is 4.86. The lowest BCUT2D eigenvalue weighted by molar-refractivity contribution is -0.462. The highest BCUT2D eigenvalue weighted by Gasteiger charge is 2.46. The van der Waals surface area contributed by atoms with E-state index in [9.17, 15) is 19.8 Å². The van der Waals surface area contributed by atoms with E-state index in [1.54, 1.807) is 33.7 Å². The van der Waals surface area contributed by atoms with Crippen LogP contribution in [-0.4, -0.2) is 56.4 Å². The number of aromatic nitrogens is 1. The summed E-state index contributed by atoms with van der Waals surface area (Å²) in [6.45, 7) is -0.193. The van der Waals surface area contributed by atoms with E-state index in [1.807, 2.05) is 41.6 Å². The van der Waals surface area contributed by atoms with Crippen LogP contribution in [0.4, 0.5) is 0 Å². The van der Waals surface area contributed by atoms with Gasteiger partial charge in [0.2, 0.25) is 11.1 Å². The molecule has 0 bridgehead atoms. The number of pyridine rings is 1. The first-order valence-electron chi connectivity index (χ1n) is 10.4. The van der Waals surface area contributed by atoms with Crippen LogP contribution in [0.5, 0.6) is 5.75 Å². The molecule has 10 heteroatoms. The van der Waals surface area contributed by atoms with Crippen LogP contribution in [-0.2, 0) is 0 Å². The van der Waals surface area contributed by atoms with Crippen LogP contribution < -0.4 is 10.4 Å². The maximum atomic E-state index is 13.0. The van der Waals surface area contributed by atoms with Gasteiger partial charge in [0.1, 0.15) is 24.2 Å². The molecular weight excluding hydrogens is 412 g/mol. The standard InChI is InChI=1S/C22H22N6O4/c1-25-18-8-7-15(11-26-12-16(13-29)23-24-26)19(14-5-3-2-4-6-14)28(18)27-10-9-17(30)21(31)20(27)22(25)32/h2-6,9-12,15,18-19,29H,7-8,13H2,1H3/p+1/b26-11+/t15?,18-,19+/m0/s1. The molecule has 1 saturated heterocycles. The van der Waals surface area contributed by atoms with Gasteiger partial charge >= 0.3 is 0 Å². The zero-order valence-electron chi connectivity index (χ0n) is 17.4. The highest BCUT2D eigenvalue weighted by Crippen LogP contribution is 2.41. The summed E-state index contributed by atoms with van der Waals surface area (Å²) in [4.78, 5) is 26.7. The predicted molar refractivity (Wildman–Crippen MR) is 115 cm³/mol. The molecule has 1 aromatic carbocycles. The number of carbonyl (C=O) groups is 1. The van der Waals surface area contributed by atoms with E-state index in [-0.39, 0.29) is 36.3 Å². The lowest BCUT2D eigenvalue weighted by Crippen LogP contribution is -2.64. The Morgan fingerprint density at radius 1 is 1.19 bits per heavy atom. The van der Waals surface area contributed by atoms with E-state index < -0.39 is 11.2 Å². The zero-order valence-corrected chi connectivity index (χ0v) is 17.4. The first-order valence-corrected chi connectivity index (χ1v) is 10.4. The van der Waals surface area contributed by atoms with E-state index in [0.717, 1.165) is 12.0 Å². The summed E-state index contributed by atoms with van der Waals surface area (Å²) >= 11 is 0. The van der Waals surface area contributed by atoms with Crippen molar-refractivity contribution in [2.24, 2.45) is 16.3 Å². The Morgan fingerprint density at radius 3 is 2.69 bits per heavy atom. The second kappa shape index (κ2) is 7.72. The Morgan fingerprint density at radius 2 is 1.97 bits per heavy atom. The van der Waals surface area contributed by atoms with Crippen LogP contribution >= 0.6 is 0 Å². The van der Waals surface area contributed by atoms with Crippen molar-refractivity contribution < 1.29 is 19.7 Å². The number of hydrogen-bond donors (Lipinski definition) is 2. The number of aliphatic hydroxyl groups is 1. The molecular formula is C22H23N6O4+. The number of rotatable bonds is 3. The maximum Gasteiger partial charge on any atom is 0.277 e. The van der Waals surface area contributed by atoms with Gasteiger partial charge in [0.05, 0.1) is 11.2 Å². The molecule has 1 unspecified atom stereocenters. The summed E-state index contributed by atoms with van der Waals surface area (Å²) in [5.74, 6) is -0.970. The molecule has 1 amide bonds. The van der Waals surface area contributed by atoms with Crippen molar-refractivity contribution in [1.82, 2.24) is 9.58 Å². The van der Waals surface area contributed by atoms with Crippen LogP contribution in [0.15, 0.2) is 69.6 Å². The predicted octanol–water partition coefficient (Wildman–Crippen LogP) is 1.35. The Hall–Kier alpha value is -3.79. The average Bonchev–Trinajstić information content (AvgIpc) is 3.27. The lowest BCUT2D eigenvalue weighted by atomic mass is 9.84. The quantitative estimate of drug-likeness (QED) is 0.707. The molecule has 32 heavy (non-hydrogen) atoms. The molecule has 3 aliphatic rings. The van der Waals surface area contributed by atoms with E-state index in [0.29, 0.717) is 12.1 Å². The Balaban J connectivity index is 1.68. The fraction of sp³-hybridized carbons (Fsp3) is 0.318. The minimum Gasteiger partial charge on any atom is -0.502 e. The minimum atomic E-state index is -0.591. The van der Waals surface area contributed by atoms with Gasteiger partial charge in [0.25, 0.3) is 5.91 Å². The van der Waals surface area contributed by atoms with Gasteiger partial charge in [0, 0.05) is 25.2 Å². The molecule has 5 rings (SSSR count). The second-order valence-corrected chi connectivity index (χ2v) is 8.09. The molecule has 1 aromatic heterocycles. The van der Waals surface area contributed by atoms with Crippen molar-refractivity contribution in [2.45, 2.75) is 25.0 Å². The highest BCUT2D eigenvalue weighted by molar-refractivity contribution is 5.96. The number of hydrogen-bond acceptors (Lipinski definition) is 7. The van der Waals surface area contributed by atoms with Crippen LogP contribution in [0, 0.1) is 5.92 Å². The summed E-state index contributed by atoms with van der Waals surface area (Å²) in [6, 6.07) is 11.0. The maximum absolute atomic E-state index is 13.0. The van der Waals surface area contributed by atoms with Gasteiger partial charge in [-0.25, -0.2) is 0 Å². The van der Waals surface area contributed by atoms with Crippen LogP contribution in [0.25, 0.3) is 0 Å². The largest absolute Gasteiger partial charge is 0.502 e. The van der Waals surface area contributed by atoms with Crippen molar-refractivity contribution in [1.29, 1.82) is 0 Å². The average molecular weight is 435 g/mol. The van der Waals surface area contributed by atoms with E-state index in [2.05, 4.69) is 10.3 Å². The number of piperidine rings is 1. The SMILES string of the molecule is CN1C(=O)c2c(O)c(=O)ccn2N2[C@H](c3ccccc3)C(/C=[N+]3\C=C(CO)N=N3)CC[C@@H]12. The monoisotopic (exact) mass is 435 g/mol. The van der Waals surface area contributed by atoms with Crippen molar-refractivity contribution in [3.63, 3.8) is 0 Å². The highest BCUT2D eigenvalue weighted by atomic mass is 16.3. The summed E-state index contributed by atoms with van der Waals surface area (Å²) in [6.07, 6.45) is 6.38. The van der Waals surface area contributed by atoms with Crippen molar-refractivity contribution in [3.05, 3.63) is 76.0 Å². The number of aromatic hydroxyl groups is 1. The van der Waals surface area contributed by atoms with Crippen LogP contribution in [0.3, 0.4) is 0 Å². The second-order valence-electron chi connectivity index (χ2n) is 8.09. The normalized spacial score (nSPS) is 25.7. The third-order valence-corrected chi connectivity index (χ3v) is 6.23. The van der Waals surface area contributed by atoms with Crippen molar-refractivity contribution in [3.8, 4) is 5.75 Å². The smallest absolute Gasteiger partial charge is 0.277 e. The van der Waals surface area contributed by atoms with E-state index >= 15 is 0 Å². The van der Waals surface area contributed by atoms with Crippen LogP contribution in [0.1, 0.15) is 34.9 Å². The molecule has 0 spiro atoms. The summed E-state index contributed by atoms with van der Waals surface area (Å²) in [7, 11) is 1.69. The van der Waals surface area contributed by atoms with Gasteiger partial charge in [0.15, 0.2) is 17.6 Å². The minimum absolute atomic E-state index is 0.0297. The molecule has 0 radical (unpaired) electrons. The Bertz CT molecular complexity index is 1220. The number of amides is 1. The summed E-state index contributed by atoms with van der Waals surface area (Å²) < 4.78 is 3.22. The molecule has 2 N–H and O–H groups in total. The van der Waals surface area contributed by atoms with Gasteiger partial charge in [-0.1, -0.05) is 30.3 Å². The van der Waals surface area contributed by atoms with Gasteiger partial charge < -0.3 is 15.1 Å². The topological polar surface area (TPSA) is 114 Å². The van der Waals surface area contributed by atoms with Gasteiger partial charge in [-0.15, -0.1) is 4.68 Å². The first-order chi connectivity index (χ1) is 15.5. The zero-order chi connectivity index (χ0) is 22.4. The fourth-order valence-corrected chi connectivity index (χ4v) is 4.73. The lowest BCUT2D eigenvalue weighted by Gasteiger charge is -2.53. The molecule has 3 atom stereocenters. The van der Waals surface area contributed by atoms with Gasteiger partial charge in [-0.3, -0.25) is 19.3 Å². The number of fused-ring (bicyclic) bond motifs is 3. The fourth-order valence-electron chi connectivity index (χ4n) is 4.73. The van der Waals surface area contributed by atoms with E-state index in [1.165, 1.54) is 6.07 Å². The molecule has 4 heterocycles. The molecule has 0 aliphatic carbocycles. The molecule has 10 nitrogen and oxygen atoms in total. The number of benzene rings is 1. The molecule has 1 fully saturated rings. The number of aliphatic hydroxyl groups excluding tert-OH is 1. The van der Waals surface area contributed by atoms with Gasteiger partial charge in [-0.2, -0.15) is 0 Å². The number of nitrogens with zero attached hydrogens (tertiary/aromatic N) is 6. The van der Waals surface area contributed by atoms with Crippen LogP contribution in [0.2, 0.25) is 0 Å². The van der Waals surface area contributed by atoms with Crippen molar-refractivity contribution >= 4 is 12.1 Å². The number of carbonyl (C=O) groups excluding carboxylic acids is 1. The molecule has 2 aromatic rings. The summed E-state index contributed by atoms with van der Waals surface area (Å²) in [5.41, 5.74) is 0.864. The molecule has 3 aliphatic heterocycles. The van der Waals surface area contributed by atoms with Gasteiger partial charge in [-0.05, 0) is 18.4 Å². The third kappa shape index (κ3) is 3.11. The third-order valence-electron chi connectivity index (χ3n) is 6.23. The molecule has 0 saturated carbocycles. The molecule has 164 valence electrons. The first kappa shape index (κ1) is 20.1. The summed E-state index contributed by atoms with van der Waals surface area (Å²) in [5, 5.41) is 29.9. The van der Waals surface area contributed by atoms with E-state index in [4.69, 9.17) is 0 Å². The van der Waals surface area contributed by atoms with Crippen molar-refractivity contribution in [2.75, 3.05) is 18.7 Å². The Labute approximate surface area is 183 Å².